The first-order chi connectivity index (χ1) is 10.2. The largest absolute Gasteiger partial charge is 0.465 e. The summed E-state index contributed by atoms with van der Waals surface area (Å²) in [6.45, 7) is 4.51. The molecular weight excluding hydrogens is 262 g/mol. The summed E-state index contributed by atoms with van der Waals surface area (Å²) < 4.78 is 5.34. The van der Waals surface area contributed by atoms with Crippen LogP contribution in [0.25, 0.3) is 0 Å². The Morgan fingerprint density at radius 2 is 2.05 bits per heavy atom. The molecule has 0 saturated carbocycles. The van der Waals surface area contributed by atoms with Gasteiger partial charge in [0.1, 0.15) is 6.04 Å². The van der Waals surface area contributed by atoms with Crippen LogP contribution < -0.4 is 0 Å². The van der Waals surface area contributed by atoms with E-state index in [1.54, 1.807) is 0 Å². The molecule has 3 unspecified atom stereocenters. The fourth-order valence-electron chi connectivity index (χ4n) is 3.72. The number of hydrogen-bond donors (Lipinski definition) is 0. The number of rotatable bonds is 4. The van der Waals surface area contributed by atoms with E-state index < -0.39 is 0 Å². The second-order valence-corrected chi connectivity index (χ2v) is 5.92. The molecule has 3 aliphatic rings. The lowest BCUT2D eigenvalue weighted by atomic mass is 9.78. The van der Waals surface area contributed by atoms with E-state index in [1.165, 1.54) is 5.56 Å². The maximum absolute atomic E-state index is 12.4. The van der Waals surface area contributed by atoms with Crippen LogP contribution in [0, 0.1) is 5.92 Å². The average molecular weight is 285 g/mol. The zero-order chi connectivity index (χ0) is 14.8. The number of carbonyl (C=O) groups is 1. The van der Waals surface area contributed by atoms with Crippen molar-refractivity contribution in [1.29, 1.82) is 0 Å². The lowest BCUT2D eigenvalue weighted by molar-refractivity contribution is -0.156. The van der Waals surface area contributed by atoms with E-state index in [0.29, 0.717) is 18.6 Å². The number of piperidine rings is 1. The molecule has 1 aromatic carbocycles. The second-order valence-electron chi connectivity index (χ2n) is 5.92. The Hall–Kier alpha value is -1.61. The molecule has 0 radical (unpaired) electrons. The van der Waals surface area contributed by atoms with Crippen molar-refractivity contribution >= 4 is 5.97 Å². The van der Waals surface area contributed by atoms with Crippen LogP contribution in [0.15, 0.2) is 42.5 Å². The third-order valence-corrected chi connectivity index (χ3v) is 4.74. The van der Waals surface area contributed by atoms with Gasteiger partial charge < -0.3 is 4.74 Å². The monoisotopic (exact) mass is 285 g/mol. The van der Waals surface area contributed by atoms with E-state index >= 15 is 0 Å². The summed E-state index contributed by atoms with van der Waals surface area (Å²) in [6.07, 6.45) is 6.70. The van der Waals surface area contributed by atoms with Crippen LogP contribution in [-0.4, -0.2) is 29.6 Å². The molecule has 2 aliphatic heterocycles. The van der Waals surface area contributed by atoms with Gasteiger partial charge in [-0.1, -0.05) is 42.5 Å². The molecule has 3 nitrogen and oxygen atoms in total. The van der Waals surface area contributed by atoms with E-state index in [0.717, 1.165) is 12.8 Å². The Morgan fingerprint density at radius 1 is 1.29 bits per heavy atom. The molecule has 0 N–H and O–H groups in total. The number of fused-ring (bicyclic) bond motifs is 2. The van der Waals surface area contributed by atoms with E-state index in [9.17, 15) is 4.79 Å². The molecule has 4 rings (SSSR count). The van der Waals surface area contributed by atoms with Crippen LogP contribution in [0.5, 0.6) is 0 Å². The predicted molar refractivity (Wildman–Crippen MR) is 82.8 cm³/mol. The van der Waals surface area contributed by atoms with Crippen molar-refractivity contribution in [3.63, 3.8) is 0 Å². The normalized spacial score (nSPS) is 29.3. The van der Waals surface area contributed by atoms with Gasteiger partial charge in [0.25, 0.3) is 0 Å². The van der Waals surface area contributed by atoms with Gasteiger partial charge >= 0.3 is 5.97 Å². The van der Waals surface area contributed by atoms with E-state index in [2.05, 4.69) is 48.2 Å². The topological polar surface area (TPSA) is 29.5 Å². The third-order valence-electron chi connectivity index (χ3n) is 4.74. The highest BCUT2D eigenvalue weighted by atomic mass is 16.5. The Morgan fingerprint density at radius 3 is 2.67 bits per heavy atom. The summed E-state index contributed by atoms with van der Waals surface area (Å²) in [7, 11) is 0. The summed E-state index contributed by atoms with van der Waals surface area (Å²) in [4.78, 5) is 14.8. The van der Waals surface area contributed by atoms with Crippen LogP contribution >= 0.6 is 0 Å². The molecule has 1 aliphatic carbocycles. The van der Waals surface area contributed by atoms with Crippen LogP contribution in [0.3, 0.4) is 0 Å². The molecule has 0 aromatic heterocycles. The van der Waals surface area contributed by atoms with Gasteiger partial charge in [0, 0.05) is 18.0 Å². The molecule has 1 fully saturated rings. The van der Waals surface area contributed by atoms with Crippen LogP contribution in [0.1, 0.15) is 38.3 Å². The van der Waals surface area contributed by atoms with Crippen molar-refractivity contribution < 1.29 is 9.53 Å². The summed E-state index contributed by atoms with van der Waals surface area (Å²) in [5.41, 5.74) is 1.26. The zero-order valence-electron chi connectivity index (χ0n) is 12.7. The summed E-state index contributed by atoms with van der Waals surface area (Å²) in [5.74, 6) is 0.222. The lowest BCUT2D eigenvalue weighted by Gasteiger charge is -2.49. The van der Waals surface area contributed by atoms with Gasteiger partial charge in [-0.05, 0) is 32.3 Å². The molecule has 112 valence electrons. The Kier molecular flexibility index (Phi) is 4.11. The molecular formula is C18H23NO2. The van der Waals surface area contributed by atoms with Crippen LogP contribution in [0.4, 0.5) is 0 Å². The molecule has 1 aromatic rings. The number of esters is 1. The minimum absolute atomic E-state index is 0.0701. The van der Waals surface area contributed by atoms with Gasteiger partial charge in [0.05, 0.1) is 6.61 Å². The molecule has 0 spiro atoms. The lowest BCUT2D eigenvalue weighted by Crippen LogP contribution is -2.57. The Balaban J connectivity index is 1.90. The minimum atomic E-state index is -0.135. The third kappa shape index (κ3) is 2.62. The van der Waals surface area contributed by atoms with Gasteiger partial charge in [0.2, 0.25) is 0 Å². The van der Waals surface area contributed by atoms with Gasteiger partial charge in [-0.25, -0.2) is 0 Å². The van der Waals surface area contributed by atoms with Crippen molar-refractivity contribution in [2.45, 2.75) is 44.8 Å². The number of ether oxygens (including phenoxy) is 1. The highest BCUT2D eigenvalue weighted by Crippen LogP contribution is 2.40. The first kappa shape index (κ1) is 14.3. The summed E-state index contributed by atoms with van der Waals surface area (Å²) in [6, 6.07) is 10.9. The summed E-state index contributed by atoms with van der Waals surface area (Å²) >= 11 is 0. The minimum Gasteiger partial charge on any atom is -0.465 e. The molecule has 0 amide bonds. The van der Waals surface area contributed by atoms with E-state index in [-0.39, 0.29) is 18.1 Å². The number of hydrogen-bond acceptors (Lipinski definition) is 3. The van der Waals surface area contributed by atoms with Gasteiger partial charge in [-0.3, -0.25) is 9.69 Å². The highest BCUT2D eigenvalue weighted by Gasteiger charge is 2.45. The average Bonchev–Trinajstić information content (AvgIpc) is 2.55. The molecule has 1 saturated heterocycles. The van der Waals surface area contributed by atoms with Crippen LogP contribution in [-0.2, 0) is 9.53 Å². The van der Waals surface area contributed by atoms with Crippen molar-refractivity contribution in [2.75, 3.05) is 6.61 Å². The predicted octanol–water partition coefficient (Wildman–Crippen LogP) is 3.33. The molecule has 2 bridgehead atoms. The van der Waals surface area contributed by atoms with Crippen LogP contribution in [0.2, 0.25) is 0 Å². The van der Waals surface area contributed by atoms with E-state index in [4.69, 9.17) is 4.74 Å². The Labute approximate surface area is 126 Å². The molecule has 2 heterocycles. The van der Waals surface area contributed by atoms with Crippen molar-refractivity contribution in [3.05, 3.63) is 48.0 Å². The van der Waals surface area contributed by atoms with Crippen molar-refractivity contribution in [2.24, 2.45) is 5.92 Å². The number of carbonyl (C=O) groups excluding carboxylic acids is 1. The highest BCUT2D eigenvalue weighted by molar-refractivity contribution is 5.77. The maximum atomic E-state index is 12.4. The first-order valence-corrected chi connectivity index (χ1v) is 7.89. The van der Waals surface area contributed by atoms with Crippen molar-refractivity contribution in [3.8, 4) is 0 Å². The van der Waals surface area contributed by atoms with Gasteiger partial charge in [-0.2, -0.15) is 0 Å². The summed E-state index contributed by atoms with van der Waals surface area (Å²) in [5, 5.41) is 0. The van der Waals surface area contributed by atoms with E-state index in [1.807, 2.05) is 13.0 Å². The number of nitrogens with zero attached hydrogens (tertiary/aromatic N) is 1. The molecule has 4 atom stereocenters. The van der Waals surface area contributed by atoms with Gasteiger partial charge in [0.15, 0.2) is 0 Å². The fraction of sp³-hybridized carbons (Fsp3) is 0.500. The Bertz CT molecular complexity index is 525. The fourth-order valence-corrected chi connectivity index (χ4v) is 3.72. The maximum Gasteiger partial charge on any atom is 0.323 e. The first-order valence-electron chi connectivity index (χ1n) is 7.89. The van der Waals surface area contributed by atoms with Gasteiger partial charge in [-0.15, -0.1) is 0 Å². The molecule has 21 heavy (non-hydrogen) atoms. The molecule has 3 heteroatoms. The SMILES string of the molecule is CCOC(=O)C1C2C=CC(CC2)N1[C@H](C)c1ccccc1. The standard InChI is InChI=1S/C18H23NO2/c1-3-21-18(20)17-15-9-11-16(12-10-15)19(17)13(2)14-7-5-4-6-8-14/h4-9,11,13,15-17H,3,10,12H2,1-2H3/t13-,15?,16?,17?/m1/s1. The van der Waals surface area contributed by atoms with Crippen molar-refractivity contribution in [1.82, 2.24) is 4.90 Å². The quantitative estimate of drug-likeness (QED) is 0.628. The second kappa shape index (κ2) is 6.02. The smallest absolute Gasteiger partial charge is 0.323 e. The number of benzene rings is 1. The zero-order valence-corrected chi connectivity index (χ0v) is 12.7.